The Bertz CT molecular complexity index is 748. The average molecular weight is 293 g/mol. The molecule has 1 aliphatic heterocycles. The SMILES string of the molecule is CC1(C)Cc2cc(N)ccc2C(CC(=O)c2cccnc2)=N1. The second-order valence-electron chi connectivity index (χ2n) is 6.31. The van der Waals surface area contributed by atoms with Crippen molar-refractivity contribution in [1.82, 2.24) is 4.98 Å². The number of fused-ring (bicyclic) bond motifs is 1. The van der Waals surface area contributed by atoms with Gasteiger partial charge in [-0.1, -0.05) is 6.07 Å². The zero-order valence-corrected chi connectivity index (χ0v) is 12.8. The Morgan fingerprint density at radius 3 is 2.86 bits per heavy atom. The van der Waals surface area contributed by atoms with Crippen molar-refractivity contribution in [1.29, 1.82) is 0 Å². The zero-order chi connectivity index (χ0) is 15.7. The maximum Gasteiger partial charge on any atom is 0.170 e. The van der Waals surface area contributed by atoms with E-state index >= 15 is 0 Å². The summed E-state index contributed by atoms with van der Waals surface area (Å²) in [7, 11) is 0. The number of pyridine rings is 1. The zero-order valence-electron chi connectivity index (χ0n) is 12.8. The minimum atomic E-state index is -0.217. The standard InChI is InChI=1S/C18H19N3O/c1-18(2)10-13-8-14(19)5-6-15(13)16(21-18)9-17(22)12-4-3-7-20-11-12/h3-8,11H,9-10,19H2,1-2H3. The van der Waals surface area contributed by atoms with Crippen molar-refractivity contribution < 1.29 is 4.79 Å². The number of hydrogen-bond donors (Lipinski definition) is 1. The van der Waals surface area contributed by atoms with E-state index in [0.29, 0.717) is 5.56 Å². The summed E-state index contributed by atoms with van der Waals surface area (Å²) in [4.78, 5) is 21.2. The van der Waals surface area contributed by atoms with Crippen molar-refractivity contribution in [2.24, 2.45) is 4.99 Å². The lowest BCUT2D eigenvalue weighted by atomic mass is 9.85. The molecule has 2 aromatic rings. The van der Waals surface area contributed by atoms with Crippen molar-refractivity contribution in [3.05, 3.63) is 59.4 Å². The van der Waals surface area contributed by atoms with E-state index in [1.165, 1.54) is 0 Å². The number of aliphatic imine (C=N–C) groups is 1. The highest BCUT2D eigenvalue weighted by atomic mass is 16.1. The Labute approximate surface area is 130 Å². The molecule has 0 amide bonds. The molecule has 0 radical (unpaired) electrons. The van der Waals surface area contributed by atoms with Crippen LogP contribution in [0, 0.1) is 0 Å². The molecule has 1 aromatic heterocycles. The molecule has 4 heteroatoms. The van der Waals surface area contributed by atoms with Crippen molar-refractivity contribution in [3.63, 3.8) is 0 Å². The summed E-state index contributed by atoms with van der Waals surface area (Å²) in [5.41, 5.74) is 10.1. The highest BCUT2D eigenvalue weighted by Gasteiger charge is 2.27. The van der Waals surface area contributed by atoms with Crippen LogP contribution in [0.15, 0.2) is 47.7 Å². The predicted molar refractivity (Wildman–Crippen MR) is 88.4 cm³/mol. The number of carbonyl (C=O) groups excluding carboxylic acids is 1. The molecular formula is C18H19N3O. The normalized spacial score (nSPS) is 15.8. The van der Waals surface area contributed by atoms with Crippen LogP contribution < -0.4 is 5.73 Å². The van der Waals surface area contributed by atoms with Gasteiger partial charge in [-0.05, 0) is 55.7 Å². The molecule has 4 nitrogen and oxygen atoms in total. The predicted octanol–water partition coefficient (Wildman–Crippen LogP) is 3.06. The van der Waals surface area contributed by atoms with Gasteiger partial charge in [0.2, 0.25) is 0 Å². The van der Waals surface area contributed by atoms with Crippen molar-refractivity contribution in [3.8, 4) is 0 Å². The van der Waals surface area contributed by atoms with E-state index in [0.717, 1.165) is 28.9 Å². The molecule has 0 unspecified atom stereocenters. The molecule has 1 aromatic carbocycles. The minimum Gasteiger partial charge on any atom is -0.399 e. The summed E-state index contributed by atoms with van der Waals surface area (Å²) in [6, 6.07) is 9.37. The van der Waals surface area contributed by atoms with Crippen LogP contribution in [-0.2, 0) is 6.42 Å². The Balaban J connectivity index is 1.95. The first-order valence-electron chi connectivity index (χ1n) is 7.35. The van der Waals surface area contributed by atoms with E-state index in [9.17, 15) is 4.79 Å². The molecule has 0 fully saturated rings. The number of ketones is 1. The van der Waals surface area contributed by atoms with Gasteiger partial charge >= 0.3 is 0 Å². The van der Waals surface area contributed by atoms with E-state index in [2.05, 4.69) is 18.8 Å². The van der Waals surface area contributed by atoms with Gasteiger partial charge in [-0.3, -0.25) is 14.8 Å². The number of rotatable bonds is 3. The van der Waals surface area contributed by atoms with Gasteiger partial charge in [-0.2, -0.15) is 0 Å². The number of aromatic nitrogens is 1. The minimum absolute atomic E-state index is 0.0346. The van der Waals surface area contributed by atoms with Crippen LogP contribution in [0.4, 0.5) is 5.69 Å². The van der Waals surface area contributed by atoms with E-state index in [-0.39, 0.29) is 17.7 Å². The molecule has 0 saturated heterocycles. The van der Waals surface area contributed by atoms with E-state index in [1.54, 1.807) is 24.5 Å². The number of nitrogens with two attached hydrogens (primary N) is 1. The van der Waals surface area contributed by atoms with Crippen LogP contribution in [0.2, 0.25) is 0 Å². The van der Waals surface area contributed by atoms with Gasteiger partial charge in [0.25, 0.3) is 0 Å². The quantitative estimate of drug-likeness (QED) is 0.698. The monoisotopic (exact) mass is 293 g/mol. The number of benzene rings is 1. The number of Topliss-reactive ketones (excluding diaryl/α,β-unsaturated/α-hetero) is 1. The molecule has 1 aliphatic rings. The number of hydrogen-bond acceptors (Lipinski definition) is 4. The molecule has 0 saturated carbocycles. The third kappa shape index (κ3) is 2.91. The summed E-state index contributed by atoms with van der Waals surface area (Å²) in [5.74, 6) is 0.0346. The van der Waals surface area contributed by atoms with Crippen molar-refractivity contribution >= 4 is 17.2 Å². The molecule has 0 spiro atoms. The summed E-state index contributed by atoms with van der Waals surface area (Å²) < 4.78 is 0. The summed E-state index contributed by atoms with van der Waals surface area (Å²) in [6.07, 6.45) is 4.38. The molecule has 3 rings (SSSR count). The first-order valence-corrected chi connectivity index (χ1v) is 7.35. The maximum absolute atomic E-state index is 12.5. The third-order valence-electron chi connectivity index (χ3n) is 3.81. The Hall–Kier alpha value is -2.49. The van der Waals surface area contributed by atoms with E-state index in [4.69, 9.17) is 10.7 Å². The first kappa shape index (κ1) is 14.4. The second-order valence-corrected chi connectivity index (χ2v) is 6.31. The van der Waals surface area contributed by atoms with Crippen molar-refractivity contribution in [2.75, 3.05) is 5.73 Å². The highest BCUT2D eigenvalue weighted by molar-refractivity contribution is 6.16. The van der Waals surface area contributed by atoms with Crippen LogP contribution in [0.25, 0.3) is 0 Å². The molecule has 22 heavy (non-hydrogen) atoms. The molecule has 0 aliphatic carbocycles. The molecule has 112 valence electrons. The van der Waals surface area contributed by atoms with Gasteiger partial charge in [-0.25, -0.2) is 0 Å². The molecule has 2 heterocycles. The number of nitrogen functional groups attached to an aromatic ring is 1. The fourth-order valence-electron chi connectivity index (χ4n) is 2.89. The lowest BCUT2D eigenvalue weighted by Crippen LogP contribution is -2.30. The van der Waals surface area contributed by atoms with Crippen LogP contribution in [0.3, 0.4) is 0 Å². The van der Waals surface area contributed by atoms with E-state index < -0.39 is 0 Å². The van der Waals surface area contributed by atoms with Crippen LogP contribution in [-0.4, -0.2) is 22.0 Å². The average Bonchev–Trinajstić information content (AvgIpc) is 2.46. The summed E-state index contributed by atoms with van der Waals surface area (Å²) in [5, 5.41) is 0. The number of carbonyl (C=O) groups is 1. The first-order chi connectivity index (χ1) is 10.4. The highest BCUT2D eigenvalue weighted by Crippen LogP contribution is 2.29. The van der Waals surface area contributed by atoms with Gasteiger partial charge in [0.05, 0.1) is 17.7 Å². The lowest BCUT2D eigenvalue weighted by molar-refractivity contribution is 0.1000. The third-order valence-corrected chi connectivity index (χ3v) is 3.81. The summed E-state index contributed by atoms with van der Waals surface area (Å²) >= 11 is 0. The number of anilines is 1. The van der Waals surface area contributed by atoms with Gasteiger partial charge in [-0.15, -0.1) is 0 Å². The fourth-order valence-corrected chi connectivity index (χ4v) is 2.89. The largest absolute Gasteiger partial charge is 0.399 e. The molecule has 0 bridgehead atoms. The molecular weight excluding hydrogens is 274 g/mol. The van der Waals surface area contributed by atoms with Gasteiger partial charge in [0, 0.05) is 23.6 Å². The van der Waals surface area contributed by atoms with Crippen LogP contribution in [0.1, 0.15) is 41.8 Å². The summed E-state index contributed by atoms with van der Waals surface area (Å²) in [6.45, 7) is 4.15. The van der Waals surface area contributed by atoms with Crippen LogP contribution >= 0.6 is 0 Å². The smallest absolute Gasteiger partial charge is 0.170 e. The van der Waals surface area contributed by atoms with Gasteiger partial charge in [0.15, 0.2) is 5.78 Å². The Morgan fingerprint density at radius 1 is 1.32 bits per heavy atom. The number of nitrogens with zero attached hydrogens (tertiary/aromatic N) is 2. The second kappa shape index (κ2) is 5.37. The van der Waals surface area contributed by atoms with Gasteiger partial charge < -0.3 is 5.73 Å². The Kier molecular flexibility index (Phi) is 3.53. The Morgan fingerprint density at radius 2 is 2.14 bits per heavy atom. The maximum atomic E-state index is 12.5. The fraction of sp³-hybridized carbons (Fsp3) is 0.278. The lowest BCUT2D eigenvalue weighted by Gasteiger charge is -2.29. The molecule has 2 N–H and O–H groups in total. The van der Waals surface area contributed by atoms with Gasteiger partial charge in [0.1, 0.15) is 0 Å². The van der Waals surface area contributed by atoms with E-state index in [1.807, 2.05) is 18.2 Å². The van der Waals surface area contributed by atoms with Crippen LogP contribution in [0.5, 0.6) is 0 Å². The molecule has 0 atom stereocenters. The topological polar surface area (TPSA) is 68.3 Å². The van der Waals surface area contributed by atoms with Crippen molar-refractivity contribution in [2.45, 2.75) is 32.2 Å².